The fraction of sp³-hybridized carbons (Fsp3) is 0.773. The second kappa shape index (κ2) is 10.6. The molecule has 0 spiro atoms. The van der Waals surface area contributed by atoms with Gasteiger partial charge in [-0.05, 0) is 25.7 Å². The third-order valence-corrected chi connectivity index (χ3v) is 5.53. The third-order valence-electron chi connectivity index (χ3n) is 5.53. The zero-order valence-electron chi connectivity index (χ0n) is 19.8. The lowest BCUT2D eigenvalue weighted by Gasteiger charge is -2.35. The number of aliphatic hydroxyl groups is 1. The molecule has 1 aliphatic rings. The highest BCUT2D eigenvalue weighted by atomic mass is 16.5. The van der Waals surface area contributed by atoms with Gasteiger partial charge in [0.25, 0.3) is 0 Å². The van der Waals surface area contributed by atoms with Gasteiger partial charge in [0, 0.05) is 25.8 Å². The van der Waals surface area contributed by atoms with Crippen molar-refractivity contribution in [2.45, 2.75) is 72.1 Å². The number of carbonyl (C=O) groups is 2. The number of hydrogen-bond acceptors (Lipinski definition) is 6. The molecule has 2 atom stereocenters. The van der Waals surface area contributed by atoms with Crippen molar-refractivity contribution in [3.8, 4) is 0 Å². The van der Waals surface area contributed by atoms with Crippen molar-refractivity contribution in [2.75, 3.05) is 38.2 Å². The Morgan fingerprint density at radius 2 is 1.84 bits per heavy atom. The minimum Gasteiger partial charge on any atom is -0.383 e. The van der Waals surface area contributed by atoms with Crippen LogP contribution in [0.4, 0.5) is 5.82 Å². The Balaban J connectivity index is 2.01. The predicted molar refractivity (Wildman–Crippen MR) is 120 cm³/mol. The van der Waals surface area contributed by atoms with Crippen LogP contribution in [0, 0.1) is 5.41 Å². The minimum absolute atomic E-state index is 0.207. The number of carbonyl (C=O) groups excluding carboxylic acids is 2. The van der Waals surface area contributed by atoms with Crippen LogP contribution in [0.3, 0.4) is 0 Å². The van der Waals surface area contributed by atoms with E-state index in [4.69, 9.17) is 4.74 Å². The second-order valence-corrected chi connectivity index (χ2v) is 9.97. The van der Waals surface area contributed by atoms with E-state index in [1.807, 2.05) is 17.7 Å². The van der Waals surface area contributed by atoms with E-state index in [1.54, 1.807) is 27.1 Å². The van der Waals surface area contributed by atoms with Gasteiger partial charge in [-0.3, -0.25) is 14.5 Å². The van der Waals surface area contributed by atoms with Crippen LogP contribution in [-0.2, 0) is 19.9 Å². The first-order chi connectivity index (χ1) is 14.4. The van der Waals surface area contributed by atoms with Gasteiger partial charge in [-0.15, -0.1) is 0 Å². The van der Waals surface area contributed by atoms with Gasteiger partial charge in [0.05, 0.1) is 25.1 Å². The highest BCUT2D eigenvalue weighted by Crippen LogP contribution is 2.21. The molecular weight excluding hydrogens is 398 g/mol. The normalized spacial score (nSPS) is 17.8. The fourth-order valence-electron chi connectivity index (χ4n) is 3.52. The van der Waals surface area contributed by atoms with E-state index in [-0.39, 0.29) is 11.4 Å². The Kier molecular flexibility index (Phi) is 8.62. The second-order valence-electron chi connectivity index (χ2n) is 9.97. The summed E-state index contributed by atoms with van der Waals surface area (Å²) in [6, 6.07) is -0.735. The summed E-state index contributed by atoms with van der Waals surface area (Å²) in [6.07, 6.45) is 3.52. The largest absolute Gasteiger partial charge is 0.383 e. The summed E-state index contributed by atoms with van der Waals surface area (Å²) < 4.78 is 7.41. The first-order valence-corrected chi connectivity index (χ1v) is 11.1. The average molecular weight is 438 g/mol. The molecule has 9 nitrogen and oxygen atoms in total. The number of aliphatic hydroxyl groups excluding tert-OH is 1. The zero-order chi connectivity index (χ0) is 23.2. The average Bonchev–Trinajstić information content (AvgIpc) is 3.16. The topological polar surface area (TPSA) is 109 Å². The van der Waals surface area contributed by atoms with Gasteiger partial charge in [0.2, 0.25) is 11.8 Å². The summed E-state index contributed by atoms with van der Waals surface area (Å²) in [5.41, 5.74) is -0.816. The lowest BCUT2D eigenvalue weighted by molar-refractivity contribution is -0.137. The van der Waals surface area contributed by atoms with E-state index < -0.39 is 23.5 Å². The van der Waals surface area contributed by atoms with Gasteiger partial charge in [-0.2, -0.15) is 0 Å². The molecule has 0 saturated carbocycles. The van der Waals surface area contributed by atoms with E-state index in [1.165, 1.54) is 0 Å². The lowest BCUT2D eigenvalue weighted by atomic mass is 9.88. The number of nitrogens with zero attached hydrogens (tertiary/aromatic N) is 3. The Morgan fingerprint density at radius 3 is 2.42 bits per heavy atom. The molecule has 0 aromatic carbocycles. The molecule has 1 fully saturated rings. The Morgan fingerprint density at radius 1 is 1.19 bits per heavy atom. The molecule has 2 amide bonds. The third kappa shape index (κ3) is 7.29. The molecule has 2 unspecified atom stereocenters. The molecule has 2 heterocycles. The van der Waals surface area contributed by atoms with Crippen molar-refractivity contribution in [1.82, 2.24) is 19.8 Å². The van der Waals surface area contributed by atoms with Gasteiger partial charge in [0.15, 0.2) is 5.82 Å². The molecule has 2 rings (SSSR count). The van der Waals surface area contributed by atoms with Crippen molar-refractivity contribution in [3.63, 3.8) is 0 Å². The summed E-state index contributed by atoms with van der Waals surface area (Å²) in [5, 5.41) is 15.7. The van der Waals surface area contributed by atoms with Gasteiger partial charge in [-0.1, -0.05) is 34.1 Å². The smallest absolute Gasteiger partial charge is 0.250 e. The van der Waals surface area contributed by atoms with E-state index in [0.29, 0.717) is 18.7 Å². The monoisotopic (exact) mass is 437 g/mol. The summed E-state index contributed by atoms with van der Waals surface area (Å²) in [4.78, 5) is 31.9. The van der Waals surface area contributed by atoms with E-state index in [2.05, 4.69) is 34.4 Å². The van der Waals surface area contributed by atoms with Gasteiger partial charge in [-0.25, -0.2) is 4.98 Å². The molecule has 176 valence electrons. The summed E-state index contributed by atoms with van der Waals surface area (Å²) in [5.74, 6) is -0.447. The SMILES string of the molecule is CCCC(NC(=O)C(O)C(C)(C)C)C(=O)Nc1cn(C(C)(C)CN2CCOCC2)cn1. The van der Waals surface area contributed by atoms with Crippen molar-refractivity contribution >= 4 is 17.6 Å². The molecule has 0 radical (unpaired) electrons. The Hall–Kier alpha value is -1.97. The Labute approximate surface area is 185 Å². The van der Waals surface area contributed by atoms with Gasteiger partial charge >= 0.3 is 0 Å². The molecule has 0 bridgehead atoms. The maximum Gasteiger partial charge on any atom is 0.250 e. The van der Waals surface area contributed by atoms with Crippen LogP contribution < -0.4 is 10.6 Å². The van der Waals surface area contributed by atoms with Crippen LogP contribution >= 0.6 is 0 Å². The summed E-state index contributed by atoms with van der Waals surface area (Å²) in [7, 11) is 0. The molecule has 0 aliphatic carbocycles. The molecule has 9 heteroatoms. The van der Waals surface area contributed by atoms with Crippen LogP contribution in [0.1, 0.15) is 54.4 Å². The van der Waals surface area contributed by atoms with E-state index in [0.717, 1.165) is 32.8 Å². The van der Waals surface area contributed by atoms with E-state index in [9.17, 15) is 14.7 Å². The number of amides is 2. The first-order valence-electron chi connectivity index (χ1n) is 11.1. The first kappa shape index (κ1) is 25.3. The maximum absolute atomic E-state index is 12.8. The number of hydrogen-bond donors (Lipinski definition) is 3. The molecule has 1 aromatic heterocycles. The van der Waals surface area contributed by atoms with Crippen molar-refractivity contribution in [2.24, 2.45) is 5.41 Å². The van der Waals surface area contributed by atoms with Crippen molar-refractivity contribution in [1.29, 1.82) is 0 Å². The zero-order valence-corrected chi connectivity index (χ0v) is 19.8. The predicted octanol–water partition coefficient (Wildman–Crippen LogP) is 1.58. The molecule has 1 aromatic rings. The highest BCUT2D eigenvalue weighted by molar-refractivity contribution is 5.97. The molecule has 1 saturated heterocycles. The van der Waals surface area contributed by atoms with Crippen LogP contribution in [0.5, 0.6) is 0 Å². The number of morpholine rings is 1. The highest BCUT2D eigenvalue weighted by Gasteiger charge is 2.32. The number of ether oxygens (including phenoxy) is 1. The Bertz CT molecular complexity index is 735. The van der Waals surface area contributed by atoms with Crippen molar-refractivity contribution < 1.29 is 19.4 Å². The molecular formula is C22H39N5O4. The fourth-order valence-corrected chi connectivity index (χ4v) is 3.52. The van der Waals surface area contributed by atoms with Crippen LogP contribution in [0.2, 0.25) is 0 Å². The van der Waals surface area contributed by atoms with Crippen LogP contribution in [0.25, 0.3) is 0 Å². The molecule has 31 heavy (non-hydrogen) atoms. The van der Waals surface area contributed by atoms with Crippen LogP contribution in [0.15, 0.2) is 12.5 Å². The molecule has 1 aliphatic heterocycles. The number of rotatable bonds is 9. The lowest BCUT2D eigenvalue weighted by Crippen LogP contribution is -2.50. The van der Waals surface area contributed by atoms with Gasteiger partial charge < -0.3 is 25.0 Å². The number of aromatic nitrogens is 2. The number of imidazole rings is 1. The quantitative estimate of drug-likeness (QED) is 0.541. The number of anilines is 1. The van der Waals surface area contributed by atoms with E-state index >= 15 is 0 Å². The summed E-state index contributed by atoms with van der Waals surface area (Å²) >= 11 is 0. The van der Waals surface area contributed by atoms with Crippen molar-refractivity contribution in [3.05, 3.63) is 12.5 Å². The summed E-state index contributed by atoms with van der Waals surface area (Å²) in [6.45, 7) is 15.7. The van der Waals surface area contributed by atoms with Crippen LogP contribution in [-0.4, -0.2) is 76.4 Å². The molecule has 3 N–H and O–H groups in total. The number of nitrogens with one attached hydrogen (secondary N) is 2. The minimum atomic E-state index is -1.19. The standard InChI is InChI=1S/C22H39N5O4/c1-7-8-16(24-20(30)18(28)21(2,3)4)19(29)25-17-13-27(15-23-17)22(5,6)14-26-9-11-31-12-10-26/h13,15-16,18,28H,7-12,14H2,1-6H3,(H,24,30)(H,25,29). The van der Waals surface area contributed by atoms with Gasteiger partial charge in [0.1, 0.15) is 12.1 Å². The maximum atomic E-state index is 12.8.